The van der Waals surface area contributed by atoms with E-state index < -0.39 is 23.4 Å². The van der Waals surface area contributed by atoms with Crippen molar-refractivity contribution >= 4 is 23.4 Å². The Kier molecular flexibility index (Phi) is 4.86. The smallest absolute Gasteiger partial charge is 0.250 e. The summed E-state index contributed by atoms with van der Waals surface area (Å²) in [4.78, 5) is 42.4. The van der Waals surface area contributed by atoms with Crippen LogP contribution in [0.3, 0.4) is 0 Å². The molecule has 0 radical (unpaired) electrons. The van der Waals surface area contributed by atoms with Crippen LogP contribution >= 0.6 is 0 Å². The molecule has 0 aromatic heterocycles. The number of phenolic OH excluding ortho intramolecular Hbond substituents is 1. The van der Waals surface area contributed by atoms with Crippen LogP contribution in [0.4, 0.5) is 5.69 Å². The number of rotatable bonds is 4. The molecule has 3 N–H and O–H groups in total. The summed E-state index contributed by atoms with van der Waals surface area (Å²) < 4.78 is 0. The SMILES string of the molecule is CCC(C)N1C(=O)C2C(Cc3ccc(O)cc3)NC3(C(=O)Nc4c3ccc(C)c4C)C2C1=O. The molecule has 3 heterocycles. The van der Waals surface area contributed by atoms with Crippen LogP contribution in [-0.4, -0.2) is 39.8 Å². The maximum Gasteiger partial charge on any atom is 0.250 e. The zero-order valence-electron chi connectivity index (χ0n) is 19.3. The molecule has 5 atom stereocenters. The summed E-state index contributed by atoms with van der Waals surface area (Å²) in [6.07, 6.45) is 1.12. The molecule has 3 aliphatic heterocycles. The highest BCUT2D eigenvalue weighted by Crippen LogP contribution is 2.54. The Bertz CT molecular complexity index is 1170. The van der Waals surface area contributed by atoms with E-state index in [1.165, 1.54) is 4.90 Å². The molecule has 2 aromatic rings. The van der Waals surface area contributed by atoms with Crippen molar-refractivity contribution < 1.29 is 19.5 Å². The first-order valence-electron chi connectivity index (χ1n) is 11.5. The van der Waals surface area contributed by atoms with Gasteiger partial charge < -0.3 is 10.4 Å². The number of aryl methyl sites for hydroxylation is 1. The average Bonchev–Trinajstić information content (AvgIpc) is 3.37. The number of likely N-dealkylation sites (tertiary alicyclic amines) is 1. The monoisotopic (exact) mass is 447 g/mol. The van der Waals surface area contributed by atoms with Crippen molar-refractivity contribution in [3.8, 4) is 5.75 Å². The second-order valence-corrected chi connectivity index (χ2v) is 9.62. The van der Waals surface area contributed by atoms with Crippen molar-refractivity contribution in [3.63, 3.8) is 0 Å². The Balaban J connectivity index is 1.65. The molecule has 7 heteroatoms. The maximum absolute atomic E-state index is 13.8. The Labute approximate surface area is 193 Å². The van der Waals surface area contributed by atoms with Gasteiger partial charge in [-0.15, -0.1) is 0 Å². The number of benzene rings is 2. The molecular formula is C26H29N3O4. The first-order chi connectivity index (χ1) is 15.7. The summed E-state index contributed by atoms with van der Waals surface area (Å²) in [5.74, 6) is -2.04. The standard InChI is InChI=1S/C26H29N3O4/c1-5-14(3)29-23(31)20-19(12-16-7-9-17(30)10-8-16)28-26(21(20)24(29)32)18-11-6-13(2)15(4)22(18)27-25(26)33/h6-11,14,19-21,28,30H,5,12H2,1-4H3,(H,27,33). The van der Waals surface area contributed by atoms with Gasteiger partial charge in [-0.2, -0.15) is 0 Å². The summed E-state index contributed by atoms with van der Waals surface area (Å²) in [7, 11) is 0. The second-order valence-electron chi connectivity index (χ2n) is 9.62. The number of nitrogens with zero attached hydrogens (tertiary/aromatic N) is 1. The minimum Gasteiger partial charge on any atom is -0.508 e. The van der Waals surface area contributed by atoms with E-state index in [0.717, 1.165) is 27.9 Å². The van der Waals surface area contributed by atoms with Crippen molar-refractivity contribution in [2.45, 2.75) is 58.2 Å². The molecule has 2 fully saturated rings. The van der Waals surface area contributed by atoms with E-state index in [-0.39, 0.29) is 29.5 Å². The van der Waals surface area contributed by atoms with Gasteiger partial charge in [-0.3, -0.25) is 24.6 Å². The number of amides is 3. The van der Waals surface area contributed by atoms with Crippen LogP contribution in [0.1, 0.15) is 42.5 Å². The molecule has 2 aromatic carbocycles. The fourth-order valence-corrected chi connectivity index (χ4v) is 5.82. The van der Waals surface area contributed by atoms with Crippen LogP contribution in [-0.2, 0) is 26.3 Å². The van der Waals surface area contributed by atoms with Crippen molar-refractivity contribution in [3.05, 3.63) is 58.7 Å². The van der Waals surface area contributed by atoms with Gasteiger partial charge in [0, 0.05) is 23.3 Å². The zero-order valence-corrected chi connectivity index (χ0v) is 19.3. The predicted molar refractivity (Wildman–Crippen MR) is 124 cm³/mol. The number of hydrogen-bond donors (Lipinski definition) is 3. The number of anilines is 1. The number of imide groups is 1. The van der Waals surface area contributed by atoms with Gasteiger partial charge in [-0.05, 0) is 62.4 Å². The number of aromatic hydroxyl groups is 1. The quantitative estimate of drug-likeness (QED) is 0.626. The molecule has 3 aliphatic rings. The summed E-state index contributed by atoms with van der Waals surface area (Å²) in [6.45, 7) is 7.77. The molecule has 33 heavy (non-hydrogen) atoms. The third-order valence-corrected chi connectivity index (χ3v) is 7.88. The van der Waals surface area contributed by atoms with Gasteiger partial charge in [-0.25, -0.2) is 0 Å². The van der Waals surface area contributed by atoms with Gasteiger partial charge in [0.1, 0.15) is 11.3 Å². The van der Waals surface area contributed by atoms with Crippen molar-refractivity contribution in [1.82, 2.24) is 10.2 Å². The number of phenols is 1. The molecule has 0 saturated carbocycles. The van der Waals surface area contributed by atoms with Gasteiger partial charge in [0.05, 0.1) is 11.8 Å². The number of nitrogens with one attached hydrogen (secondary N) is 2. The maximum atomic E-state index is 13.8. The van der Waals surface area contributed by atoms with Gasteiger partial charge in [0.25, 0.3) is 0 Å². The highest BCUT2D eigenvalue weighted by atomic mass is 16.3. The van der Waals surface area contributed by atoms with Gasteiger partial charge in [-0.1, -0.05) is 31.2 Å². The average molecular weight is 448 g/mol. The third kappa shape index (κ3) is 2.88. The summed E-state index contributed by atoms with van der Waals surface area (Å²) in [6, 6.07) is 10.1. The van der Waals surface area contributed by atoms with E-state index in [0.29, 0.717) is 12.8 Å². The molecule has 1 spiro atoms. The van der Waals surface area contributed by atoms with Crippen molar-refractivity contribution in [1.29, 1.82) is 0 Å². The molecule has 0 bridgehead atoms. The van der Waals surface area contributed by atoms with Crippen molar-refractivity contribution in [2.24, 2.45) is 11.8 Å². The normalized spacial score (nSPS) is 28.9. The lowest BCUT2D eigenvalue weighted by atomic mass is 9.75. The molecular weight excluding hydrogens is 418 g/mol. The Morgan fingerprint density at radius 3 is 2.42 bits per heavy atom. The van der Waals surface area contributed by atoms with E-state index in [4.69, 9.17) is 0 Å². The minimum atomic E-state index is -1.28. The zero-order chi connectivity index (χ0) is 23.7. The number of hydrogen-bond acceptors (Lipinski definition) is 5. The summed E-state index contributed by atoms with van der Waals surface area (Å²) in [5.41, 5.74) is 3.13. The lowest BCUT2D eigenvalue weighted by Gasteiger charge is -2.31. The fraction of sp³-hybridized carbons (Fsp3) is 0.423. The van der Waals surface area contributed by atoms with Crippen LogP contribution in [0.2, 0.25) is 0 Å². The van der Waals surface area contributed by atoms with Crippen LogP contribution in [0.5, 0.6) is 5.75 Å². The minimum absolute atomic E-state index is 0.164. The Hall–Kier alpha value is -3.19. The number of carbonyl (C=O) groups excluding carboxylic acids is 3. The first kappa shape index (κ1) is 21.6. The molecule has 5 unspecified atom stereocenters. The third-order valence-electron chi connectivity index (χ3n) is 7.88. The highest BCUT2D eigenvalue weighted by molar-refractivity contribution is 6.15. The Morgan fingerprint density at radius 1 is 1.06 bits per heavy atom. The van der Waals surface area contributed by atoms with Crippen LogP contribution in [0.25, 0.3) is 0 Å². The highest BCUT2D eigenvalue weighted by Gasteiger charge is 2.70. The number of carbonyl (C=O) groups is 3. The van der Waals surface area contributed by atoms with Gasteiger partial charge >= 0.3 is 0 Å². The molecule has 2 saturated heterocycles. The van der Waals surface area contributed by atoms with Crippen LogP contribution < -0.4 is 10.6 Å². The molecule has 0 aliphatic carbocycles. The largest absolute Gasteiger partial charge is 0.508 e. The van der Waals surface area contributed by atoms with Crippen LogP contribution in [0.15, 0.2) is 36.4 Å². The first-order valence-corrected chi connectivity index (χ1v) is 11.5. The fourth-order valence-electron chi connectivity index (χ4n) is 5.82. The van der Waals surface area contributed by atoms with E-state index in [9.17, 15) is 19.5 Å². The van der Waals surface area contributed by atoms with E-state index in [1.54, 1.807) is 24.3 Å². The van der Waals surface area contributed by atoms with E-state index in [2.05, 4.69) is 10.6 Å². The summed E-state index contributed by atoms with van der Waals surface area (Å²) in [5, 5.41) is 16.2. The van der Waals surface area contributed by atoms with E-state index >= 15 is 0 Å². The Morgan fingerprint density at radius 2 is 1.76 bits per heavy atom. The predicted octanol–water partition coefficient (Wildman–Crippen LogP) is 2.77. The van der Waals surface area contributed by atoms with Gasteiger partial charge in [0.2, 0.25) is 17.7 Å². The van der Waals surface area contributed by atoms with Gasteiger partial charge in [0.15, 0.2) is 0 Å². The molecule has 172 valence electrons. The summed E-state index contributed by atoms with van der Waals surface area (Å²) >= 11 is 0. The molecule has 5 rings (SSSR count). The molecule has 3 amide bonds. The number of fused-ring (bicyclic) bond motifs is 4. The van der Waals surface area contributed by atoms with E-state index in [1.807, 2.05) is 39.8 Å². The second kappa shape index (κ2) is 7.42. The van der Waals surface area contributed by atoms with Crippen LogP contribution in [0, 0.1) is 25.7 Å². The lowest BCUT2D eigenvalue weighted by molar-refractivity contribution is -0.145. The van der Waals surface area contributed by atoms with Crippen molar-refractivity contribution in [2.75, 3.05) is 5.32 Å². The lowest BCUT2D eigenvalue weighted by Crippen LogP contribution is -2.54. The topological polar surface area (TPSA) is 98.7 Å². The molecule has 7 nitrogen and oxygen atoms in total.